The van der Waals surface area contributed by atoms with E-state index >= 15 is 0 Å². The SMILES string of the molecule is COCCNC(=O)[C@H](C)OC(=O)c1cccc(OCc2ccc(F)cc2)c1. The molecule has 0 radical (unpaired) electrons. The predicted molar refractivity (Wildman–Crippen MR) is 96.9 cm³/mol. The third-order valence-corrected chi connectivity index (χ3v) is 3.65. The van der Waals surface area contributed by atoms with Gasteiger partial charge in [0.15, 0.2) is 6.10 Å². The van der Waals surface area contributed by atoms with Crippen molar-refractivity contribution in [3.63, 3.8) is 0 Å². The highest BCUT2D eigenvalue weighted by Crippen LogP contribution is 2.17. The summed E-state index contributed by atoms with van der Waals surface area (Å²) < 4.78 is 28.5. The van der Waals surface area contributed by atoms with Crippen LogP contribution in [0.1, 0.15) is 22.8 Å². The van der Waals surface area contributed by atoms with E-state index in [1.54, 1.807) is 30.3 Å². The minimum Gasteiger partial charge on any atom is -0.489 e. The first-order valence-electron chi connectivity index (χ1n) is 8.44. The zero-order chi connectivity index (χ0) is 19.6. The third-order valence-electron chi connectivity index (χ3n) is 3.65. The highest BCUT2D eigenvalue weighted by Gasteiger charge is 2.18. The van der Waals surface area contributed by atoms with Gasteiger partial charge < -0.3 is 19.5 Å². The van der Waals surface area contributed by atoms with Gasteiger partial charge in [0.1, 0.15) is 18.2 Å². The molecular formula is C20H22FNO5. The van der Waals surface area contributed by atoms with Crippen LogP contribution in [-0.2, 0) is 20.9 Å². The Morgan fingerprint density at radius 3 is 2.59 bits per heavy atom. The van der Waals surface area contributed by atoms with Gasteiger partial charge in [0.05, 0.1) is 12.2 Å². The number of halogens is 1. The molecule has 0 unspecified atom stereocenters. The monoisotopic (exact) mass is 375 g/mol. The van der Waals surface area contributed by atoms with Gasteiger partial charge in [-0.3, -0.25) is 4.79 Å². The summed E-state index contributed by atoms with van der Waals surface area (Å²) in [5.74, 6) is -0.879. The molecule has 27 heavy (non-hydrogen) atoms. The lowest BCUT2D eigenvalue weighted by molar-refractivity contribution is -0.129. The summed E-state index contributed by atoms with van der Waals surface area (Å²) in [4.78, 5) is 24.1. The standard InChI is InChI=1S/C20H22FNO5/c1-14(19(23)22-10-11-25-2)27-20(24)16-4-3-5-18(12-16)26-13-15-6-8-17(21)9-7-15/h3-9,12,14H,10-11,13H2,1-2H3,(H,22,23)/t14-/m0/s1. The maximum atomic E-state index is 12.9. The molecule has 0 saturated carbocycles. The van der Waals surface area contributed by atoms with Crippen LogP contribution in [0.2, 0.25) is 0 Å². The number of carbonyl (C=O) groups excluding carboxylic acids is 2. The number of esters is 1. The molecule has 2 aromatic carbocycles. The lowest BCUT2D eigenvalue weighted by Gasteiger charge is -2.14. The number of nitrogens with one attached hydrogen (secondary N) is 1. The van der Waals surface area contributed by atoms with Crippen LogP contribution in [0.15, 0.2) is 48.5 Å². The van der Waals surface area contributed by atoms with Crippen LogP contribution in [0, 0.1) is 5.82 Å². The minimum absolute atomic E-state index is 0.233. The molecule has 0 aliphatic carbocycles. The topological polar surface area (TPSA) is 73.9 Å². The molecule has 0 fully saturated rings. The summed E-state index contributed by atoms with van der Waals surface area (Å²) >= 11 is 0. The fraction of sp³-hybridized carbons (Fsp3) is 0.300. The lowest BCUT2D eigenvalue weighted by atomic mass is 10.2. The first kappa shape index (κ1) is 20.4. The Morgan fingerprint density at radius 1 is 1.15 bits per heavy atom. The van der Waals surface area contributed by atoms with Gasteiger partial charge >= 0.3 is 5.97 Å². The van der Waals surface area contributed by atoms with Gasteiger partial charge in [0.2, 0.25) is 0 Å². The minimum atomic E-state index is -0.932. The molecule has 2 aromatic rings. The molecule has 1 atom stereocenters. The van der Waals surface area contributed by atoms with Gasteiger partial charge in [0, 0.05) is 13.7 Å². The van der Waals surface area contributed by atoms with Crippen LogP contribution in [0.3, 0.4) is 0 Å². The van der Waals surface area contributed by atoms with E-state index in [-0.39, 0.29) is 18.0 Å². The summed E-state index contributed by atoms with van der Waals surface area (Å²) in [6, 6.07) is 12.4. The van der Waals surface area contributed by atoms with Crippen molar-refractivity contribution in [2.75, 3.05) is 20.3 Å². The Balaban J connectivity index is 1.90. The Bertz CT molecular complexity index is 763. The van der Waals surface area contributed by atoms with Gasteiger partial charge in [-0.25, -0.2) is 9.18 Å². The molecule has 0 saturated heterocycles. The van der Waals surface area contributed by atoms with E-state index < -0.39 is 18.0 Å². The van der Waals surface area contributed by atoms with Gasteiger partial charge in [0.25, 0.3) is 5.91 Å². The van der Waals surface area contributed by atoms with Gasteiger partial charge in [-0.15, -0.1) is 0 Å². The number of hydrogen-bond acceptors (Lipinski definition) is 5. The zero-order valence-electron chi connectivity index (χ0n) is 15.2. The Labute approximate surface area is 157 Å². The summed E-state index contributed by atoms with van der Waals surface area (Å²) in [6.45, 7) is 2.44. The van der Waals surface area contributed by atoms with Crippen molar-refractivity contribution in [3.8, 4) is 5.75 Å². The number of amides is 1. The second-order valence-electron chi connectivity index (χ2n) is 5.77. The van der Waals surface area contributed by atoms with Crippen molar-refractivity contribution in [1.29, 1.82) is 0 Å². The molecule has 0 heterocycles. The summed E-state index contributed by atoms with van der Waals surface area (Å²) in [6.07, 6.45) is -0.932. The van der Waals surface area contributed by atoms with Crippen molar-refractivity contribution in [3.05, 3.63) is 65.5 Å². The lowest BCUT2D eigenvalue weighted by Crippen LogP contribution is -2.37. The van der Waals surface area contributed by atoms with Crippen molar-refractivity contribution < 1.29 is 28.2 Å². The molecule has 7 heteroatoms. The number of carbonyl (C=O) groups is 2. The summed E-state index contributed by atoms with van der Waals surface area (Å²) in [5, 5.41) is 2.60. The van der Waals surface area contributed by atoms with Crippen LogP contribution in [0.4, 0.5) is 4.39 Å². The van der Waals surface area contributed by atoms with E-state index in [1.807, 2.05) is 0 Å². The highest BCUT2D eigenvalue weighted by atomic mass is 19.1. The van der Waals surface area contributed by atoms with E-state index in [0.717, 1.165) is 5.56 Å². The molecule has 2 rings (SSSR count). The first-order chi connectivity index (χ1) is 13.0. The number of rotatable bonds is 9. The van der Waals surface area contributed by atoms with Crippen LogP contribution < -0.4 is 10.1 Å². The quantitative estimate of drug-likeness (QED) is 0.539. The average Bonchev–Trinajstić information content (AvgIpc) is 2.67. The van der Waals surface area contributed by atoms with Crippen LogP contribution in [-0.4, -0.2) is 38.2 Å². The molecular weight excluding hydrogens is 353 g/mol. The molecule has 1 amide bonds. The number of ether oxygens (including phenoxy) is 3. The van der Waals surface area contributed by atoms with Crippen molar-refractivity contribution in [2.45, 2.75) is 19.6 Å². The average molecular weight is 375 g/mol. The molecule has 0 aromatic heterocycles. The van der Waals surface area contributed by atoms with E-state index in [9.17, 15) is 14.0 Å². The maximum Gasteiger partial charge on any atom is 0.339 e. The maximum absolute atomic E-state index is 12.9. The van der Waals surface area contributed by atoms with Crippen LogP contribution >= 0.6 is 0 Å². The molecule has 0 aliphatic rings. The number of benzene rings is 2. The van der Waals surface area contributed by atoms with E-state index in [4.69, 9.17) is 14.2 Å². The molecule has 1 N–H and O–H groups in total. The fourth-order valence-electron chi connectivity index (χ4n) is 2.16. The summed E-state index contributed by atoms with van der Waals surface area (Å²) in [7, 11) is 1.53. The molecule has 0 bridgehead atoms. The van der Waals surface area contributed by atoms with Gasteiger partial charge in [-0.05, 0) is 42.8 Å². The van der Waals surface area contributed by atoms with Crippen molar-refractivity contribution in [2.24, 2.45) is 0 Å². The van der Waals surface area contributed by atoms with E-state index in [0.29, 0.717) is 18.9 Å². The molecule has 6 nitrogen and oxygen atoms in total. The predicted octanol–water partition coefficient (Wildman–Crippen LogP) is 2.71. The third kappa shape index (κ3) is 6.71. The number of hydrogen-bond donors (Lipinski definition) is 1. The Kier molecular flexibility index (Phi) is 7.76. The Morgan fingerprint density at radius 2 is 1.89 bits per heavy atom. The second-order valence-corrected chi connectivity index (χ2v) is 5.77. The summed E-state index contributed by atoms with van der Waals surface area (Å²) in [5.41, 5.74) is 1.06. The first-order valence-corrected chi connectivity index (χ1v) is 8.44. The molecule has 0 aliphatic heterocycles. The van der Waals surface area contributed by atoms with E-state index in [1.165, 1.54) is 32.2 Å². The second kappa shape index (κ2) is 10.3. The number of methoxy groups -OCH3 is 1. The molecule has 0 spiro atoms. The smallest absolute Gasteiger partial charge is 0.339 e. The van der Waals surface area contributed by atoms with E-state index in [2.05, 4.69) is 5.32 Å². The highest BCUT2D eigenvalue weighted by molar-refractivity contribution is 5.92. The zero-order valence-corrected chi connectivity index (χ0v) is 15.2. The Hall–Kier alpha value is -2.93. The fourth-order valence-corrected chi connectivity index (χ4v) is 2.16. The largest absolute Gasteiger partial charge is 0.489 e. The molecule has 144 valence electrons. The van der Waals surface area contributed by atoms with Gasteiger partial charge in [-0.2, -0.15) is 0 Å². The van der Waals surface area contributed by atoms with Gasteiger partial charge in [-0.1, -0.05) is 18.2 Å². The van der Waals surface area contributed by atoms with Crippen molar-refractivity contribution in [1.82, 2.24) is 5.32 Å². The van der Waals surface area contributed by atoms with Crippen LogP contribution in [0.25, 0.3) is 0 Å². The van der Waals surface area contributed by atoms with Crippen LogP contribution in [0.5, 0.6) is 5.75 Å². The van der Waals surface area contributed by atoms with Crippen molar-refractivity contribution >= 4 is 11.9 Å². The normalized spacial score (nSPS) is 11.5.